The number of nitrogens with one attached hydrogen (secondary N) is 1. The second-order valence-electron chi connectivity index (χ2n) is 7.63. The number of rotatable bonds is 6. The van der Waals surface area contributed by atoms with Crippen LogP contribution in [0.15, 0.2) is 24.3 Å². The summed E-state index contributed by atoms with van der Waals surface area (Å²) in [5, 5.41) is 2.86. The number of nitrogens with zero attached hydrogens (tertiary/aromatic N) is 1. The Morgan fingerprint density at radius 2 is 1.67 bits per heavy atom. The van der Waals surface area contributed by atoms with Gasteiger partial charge in [0.15, 0.2) is 0 Å². The van der Waals surface area contributed by atoms with Gasteiger partial charge in [-0.05, 0) is 35.8 Å². The molecule has 0 atom stereocenters. The van der Waals surface area contributed by atoms with Crippen LogP contribution in [0.25, 0.3) is 0 Å². The summed E-state index contributed by atoms with van der Waals surface area (Å²) in [6.45, 7) is 8.77. The molecule has 0 saturated carbocycles. The number of benzene rings is 1. The van der Waals surface area contributed by atoms with Crippen LogP contribution in [0.2, 0.25) is 0 Å². The highest BCUT2D eigenvalue weighted by molar-refractivity contribution is 5.79. The van der Waals surface area contributed by atoms with Crippen molar-refractivity contribution < 1.29 is 9.59 Å². The van der Waals surface area contributed by atoms with Gasteiger partial charge in [-0.1, -0.05) is 45.0 Å². The van der Waals surface area contributed by atoms with Crippen LogP contribution in [0.3, 0.4) is 0 Å². The van der Waals surface area contributed by atoms with Crippen molar-refractivity contribution in [3.63, 3.8) is 0 Å². The monoisotopic (exact) mass is 330 g/mol. The molecule has 4 heteroatoms. The summed E-state index contributed by atoms with van der Waals surface area (Å²) in [6.07, 6.45) is 3.81. The van der Waals surface area contributed by atoms with E-state index in [-0.39, 0.29) is 17.2 Å². The summed E-state index contributed by atoms with van der Waals surface area (Å²) in [5.41, 5.74) is 2.63. The van der Waals surface area contributed by atoms with Crippen LogP contribution in [0, 0.1) is 0 Å². The summed E-state index contributed by atoms with van der Waals surface area (Å²) in [6, 6.07) is 8.49. The van der Waals surface area contributed by atoms with Crippen molar-refractivity contribution in [2.75, 3.05) is 19.6 Å². The number of hydrogen-bond acceptors (Lipinski definition) is 2. The maximum Gasteiger partial charge on any atom is 0.224 e. The van der Waals surface area contributed by atoms with E-state index in [0.717, 1.165) is 32.4 Å². The molecular weight excluding hydrogens is 300 g/mol. The van der Waals surface area contributed by atoms with Crippen molar-refractivity contribution in [2.45, 2.75) is 58.3 Å². The van der Waals surface area contributed by atoms with Crippen LogP contribution in [0.5, 0.6) is 0 Å². The van der Waals surface area contributed by atoms with E-state index in [1.165, 1.54) is 11.1 Å². The van der Waals surface area contributed by atoms with Crippen LogP contribution in [-0.4, -0.2) is 36.3 Å². The van der Waals surface area contributed by atoms with Crippen molar-refractivity contribution in [3.8, 4) is 0 Å². The van der Waals surface area contributed by atoms with Gasteiger partial charge in [0.25, 0.3) is 0 Å². The van der Waals surface area contributed by atoms with Crippen molar-refractivity contribution in [1.82, 2.24) is 10.2 Å². The summed E-state index contributed by atoms with van der Waals surface area (Å²) < 4.78 is 0. The van der Waals surface area contributed by atoms with Crippen LogP contribution in [-0.2, 0) is 21.4 Å². The van der Waals surface area contributed by atoms with E-state index in [4.69, 9.17) is 0 Å². The molecule has 2 amide bonds. The number of likely N-dealkylation sites (tertiary alicyclic amines) is 1. The first kappa shape index (κ1) is 18.5. The SMILES string of the molecule is CC(C)(C)c1ccc(CCC(=O)NCCC(=O)N2CCCC2)cc1. The highest BCUT2D eigenvalue weighted by atomic mass is 16.2. The fourth-order valence-corrected chi connectivity index (χ4v) is 2.95. The van der Waals surface area contributed by atoms with Crippen molar-refractivity contribution in [1.29, 1.82) is 0 Å². The molecule has 1 saturated heterocycles. The third-order valence-corrected chi connectivity index (χ3v) is 4.58. The first-order valence-electron chi connectivity index (χ1n) is 9.00. The van der Waals surface area contributed by atoms with Gasteiger partial charge < -0.3 is 10.2 Å². The summed E-state index contributed by atoms with van der Waals surface area (Å²) in [7, 11) is 0. The lowest BCUT2D eigenvalue weighted by molar-refractivity contribution is -0.130. The number of carbonyl (C=O) groups is 2. The minimum absolute atomic E-state index is 0.0177. The van der Waals surface area contributed by atoms with E-state index in [2.05, 4.69) is 50.4 Å². The van der Waals surface area contributed by atoms with Gasteiger partial charge in [-0.15, -0.1) is 0 Å². The third kappa shape index (κ3) is 5.66. The Balaban J connectivity index is 1.66. The second kappa shape index (κ2) is 8.32. The van der Waals surface area contributed by atoms with E-state index in [1.54, 1.807) is 0 Å². The fraction of sp³-hybridized carbons (Fsp3) is 0.600. The molecule has 0 aromatic heterocycles. The lowest BCUT2D eigenvalue weighted by Crippen LogP contribution is -2.32. The molecule has 1 aromatic rings. The number of carbonyl (C=O) groups excluding carboxylic acids is 2. The number of aryl methyl sites for hydroxylation is 1. The van der Waals surface area contributed by atoms with Crippen LogP contribution >= 0.6 is 0 Å². The molecule has 4 nitrogen and oxygen atoms in total. The molecule has 0 unspecified atom stereocenters. The molecule has 0 spiro atoms. The molecule has 24 heavy (non-hydrogen) atoms. The van der Waals surface area contributed by atoms with E-state index < -0.39 is 0 Å². The maximum absolute atomic E-state index is 11.9. The van der Waals surface area contributed by atoms with Crippen molar-refractivity contribution in [2.24, 2.45) is 0 Å². The topological polar surface area (TPSA) is 49.4 Å². The molecule has 2 rings (SSSR count). The molecule has 0 aliphatic carbocycles. The Labute approximate surface area is 145 Å². The normalized spacial score (nSPS) is 14.7. The van der Waals surface area contributed by atoms with E-state index >= 15 is 0 Å². The van der Waals surface area contributed by atoms with Gasteiger partial charge in [-0.3, -0.25) is 9.59 Å². The zero-order chi connectivity index (χ0) is 17.6. The predicted octanol–water partition coefficient (Wildman–Crippen LogP) is 3.05. The molecule has 1 aliphatic rings. The second-order valence-corrected chi connectivity index (χ2v) is 7.63. The van der Waals surface area contributed by atoms with Crippen molar-refractivity contribution in [3.05, 3.63) is 35.4 Å². The van der Waals surface area contributed by atoms with Gasteiger partial charge in [-0.2, -0.15) is 0 Å². The zero-order valence-electron chi connectivity index (χ0n) is 15.2. The zero-order valence-corrected chi connectivity index (χ0v) is 15.2. The maximum atomic E-state index is 11.9. The lowest BCUT2D eigenvalue weighted by atomic mass is 9.86. The van der Waals surface area contributed by atoms with Gasteiger partial charge in [0.05, 0.1) is 0 Å². The van der Waals surface area contributed by atoms with Crippen molar-refractivity contribution >= 4 is 11.8 Å². The van der Waals surface area contributed by atoms with Gasteiger partial charge in [0.1, 0.15) is 0 Å². The summed E-state index contributed by atoms with van der Waals surface area (Å²) in [5.74, 6) is 0.176. The number of amides is 2. The molecular formula is C20H30N2O2. The van der Waals surface area contributed by atoms with E-state index in [9.17, 15) is 9.59 Å². The van der Waals surface area contributed by atoms with Gasteiger partial charge in [0, 0.05) is 32.5 Å². The lowest BCUT2D eigenvalue weighted by Gasteiger charge is -2.19. The van der Waals surface area contributed by atoms with Gasteiger partial charge >= 0.3 is 0 Å². The average Bonchev–Trinajstić information content (AvgIpc) is 3.07. The molecule has 1 aromatic carbocycles. The number of hydrogen-bond donors (Lipinski definition) is 1. The first-order valence-corrected chi connectivity index (χ1v) is 9.00. The molecule has 132 valence electrons. The molecule has 1 fully saturated rings. The Morgan fingerprint density at radius 3 is 2.25 bits per heavy atom. The van der Waals surface area contributed by atoms with Gasteiger partial charge in [0.2, 0.25) is 11.8 Å². The summed E-state index contributed by atoms with van der Waals surface area (Å²) in [4.78, 5) is 25.7. The van der Waals surface area contributed by atoms with Crippen LogP contribution < -0.4 is 5.32 Å². The van der Waals surface area contributed by atoms with Gasteiger partial charge in [-0.25, -0.2) is 0 Å². The molecule has 1 heterocycles. The smallest absolute Gasteiger partial charge is 0.224 e. The van der Waals surface area contributed by atoms with E-state index in [0.29, 0.717) is 19.4 Å². The van der Waals surface area contributed by atoms with Crippen LogP contribution in [0.1, 0.15) is 57.6 Å². The average molecular weight is 330 g/mol. The molecule has 1 aliphatic heterocycles. The third-order valence-electron chi connectivity index (χ3n) is 4.58. The molecule has 0 bridgehead atoms. The summed E-state index contributed by atoms with van der Waals surface area (Å²) >= 11 is 0. The quantitative estimate of drug-likeness (QED) is 0.871. The highest BCUT2D eigenvalue weighted by Gasteiger charge is 2.17. The predicted molar refractivity (Wildman–Crippen MR) is 96.9 cm³/mol. The highest BCUT2D eigenvalue weighted by Crippen LogP contribution is 2.22. The molecule has 0 radical (unpaired) electrons. The first-order chi connectivity index (χ1) is 11.4. The minimum atomic E-state index is 0.0177. The fourth-order valence-electron chi connectivity index (χ4n) is 2.95. The largest absolute Gasteiger partial charge is 0.356 e. The standard InChI is InChI=1S/C20H30N2O2/c1-20(2,3)17-9-6-16(7-10-17)8-11-18(23)21-13-12-19(24)22-14-4-5-15-22/h6-7,9-10H,4-5,8,11-15H2,1-3H3,(H,21,23). The minimum Gasteiger partial charge on any atom is -0.356 e. The Hall–Kier alpha value is -1.84. The Kier molecular flexibility index (Phi) is 6.41. The Bertz CT molecular complexity index is 552. The Morgan fingerprint density at radius 1 is 1.04 bits per heavy atom. The van der Waals surface area contributed by atoms with Crippen LogP contribution in [0.4, 0.5) is 0 Å². The van der Waals surface area contributed by atoms with E-state index in [1.807, 2.05) is 4.90 Å². The molecule has 1 N–H and O–H groups in total.